The van der Waals surface area contributed by atoms with Crippen LogP contribution in [0.4, 0.5) is 15.3 Å². The minimum Gasteiger partial charge on any atom is -0.548 e. The van der Waals surface area contributed by atoms with Crippen LogP contribution in [0.15, 0.2) is 103 Å². The first-order valence-electron chi connectivity index (χ1n) is 12.8. The number of nitrogens with zero attached hydrogens (tertiary/aromatic N) is 2. The van der Waals surface area contributed by atoms with E-state index in [1.165, 1.54) is 7.05 Å². The van der Waals surface area contributed by atoms with E-state index in [-0.39, 0.29) is 19.3 Å². The molecule has 0 aliphatic carbocycles. The zero-order valence-corrected chi connectivity index (χ0v) is 22.5. The van der Waals surface area contributed by atoms with Gasteiger partial charge in [0.15, 0.2) is 12.4 Å². The van der Waals surface area contributed by atoms with Gasteiger partial charge >= 0.3 is 12.1 Å². The van der Waals surface area contributed by atoms with Crippen molar-refractivity contribution in [3.8, 4) is 16.9 Å². The van der Waals surface area contributed by atoms with Crippen molar-refractivity contribution >= 4 is 23.8 Å². The quantitative estimate of drug-likeness (QED) is 0.274. The maximum atomic E-state index is 12.4. The molecule has 0 atom stereocenters. The summed E-state index contributed by atoms with van der Waals surface area (Å²) in [6, 6.07) is 28.6. The number of ether oxygens (including phenoxy) is 2. The number of urea groups is 1. The van der Waals surface area contributed by atoms with Crippen molar-refractivity contribution in [1.29, 1.82) is 0 Å². The molecule has 210 valence electrons. The van der Waals surface area contributed by atoms with Crippen LogP contribution >= 0.6 is 0 Å². The van der Waals surface area contributed by atoms with Gasteiger partial charge in [-0.2, -0.15) is 4.57 Å². The molecule has 1 aromatic heterocycles. The second-order valence-electron chi connectivity index (χ2n) is 9.15. The average Bonchev–Trinajstić information content (AvgIpc) is 2.99. The smallest absolute Gasteiger partial charge is 0.414 e. The Kier molecular flexibility index (Phi) is 9.87. The number of benzene rings is 3. The number of nitrogens with one attached hydrogen (secondary N) is 2. The first-order valence-corrected chi connectivity index (χ1v) is 12.8. The predicted octanol–water partition coefficient (Wildman–Crippen LogP) is 3.32. The summed E-state index contributed by atoms with van der Waals surface area (Å²) in [6.07, 6.45) is 2.59. The van der Waals surface area contributed by atoms with Crippen LogP contribution in [0.1, 0.15) is 11.1 Å². The van der Waals surface area contributed by atoms with Gasteiger partial charge in [-0.05, 0) is 35.4 Å². The second-order valence-corrected chi connectivity index (χ2v) is 9.15. The predicted molar refractivity (Wildman–Crippen MR) is 149 cm³/mol. The number of carbonyl (C=O) groups is 3. The number of hydrogen-bond acceptors (Lipinski definition) is 6. The number of rotatable bonds is 11. The number of anilines is 1. The Balaban J connectivity index is 1.23. The van der Waals surface area contributed by atoms with Gasteiger partial charge in [0.1, 0.15) is 12.4 Å². The summed E-state index contributed by atoms with van der Waals surface area (Å²) in [5.41, 5.74) is 4.46. The summed E-state index contributed by atoms with van der Waals surface area (Å²) in [5, 5.41) is 16.2. The van der Waals surface area contributed by atoms with Crippen molar-refractivity contribution < 1.29 is 33.5 Å². The Morgan fingerprint density at radius 2 is 1.61 bits per heavy atom. The van der Waals surface area contributed by atoms with E-state index in [1.807, 2.05) is 84.9 Å². The highest BCUT2D eigenvalue weighted by Crippen LogP contribution is 2.30. The molecule has 0 aliphatic heterocycles. The van der Waals surface area contributed by atoms with E-state index >= 15 is 0 Å². The SMILES string of the molecule is CN(CC(=O)[O-])C(=O)OC[n+]1cccc(CNC(=O)Nc2ccc(COc3ccccc3-c3ccccc3)cc2)c1. The van der Waals surface area contributed by atoms with Gasteiger partial charge < -0.3 is 34.9 Å². The minimum absolute atomic E-state index is 0.121. The summed E-state index contributed by atoms with van der Waals surface area (Å²) in [7, 11) is 1.30. The van der Waals surface area contributed by atoms with Crippen LogP contribution in [-0.4, -0.2) is 36.6 Å². The van der Waals surface area contributed by atoms with Crippen LogP contribution in [0, 0.1) is 0 Å². The fourth-order valence-corrected chi connectivity index (χ4v) is 3.91. The number of carboxylic acid groups (broad SMARTS) is 1. The molecule has 0 aliphatic rings. The largest absolute Gasteiger partial charge is 0.548 e. The Hall–Kier alpha value is -5.38. The number of hydrogen-bond donors (Lipinski definition) is 2. The van der Waals surface area contributed by atoms with Crippen molar-refractivity contribution in [3.05, 3.63) is 115 Å². The number of carboxylic acids is 1. The summed E-state index contributed by atoms with van der Waals surface area (Å²) >= 11 is 0. The molecule has 41 heavy (non-hydrogen) atoms. The maximum Gasteiger partial charge on any atom is 0.414 e. The highest BCUT2D eigenvalue weighted by molar-refractivity contribution is 5.89. The molecule has 3 amide bonds. The molecule has 0 saturated heterocycles. The maximum absolute atomic E-state index is 12.4. The third kappa shape index (κ3) is 8.82. The van der Waals surface area contributed by atoms with Gasteiger partial charge in [0.05, 0.1) is 19.1 Å². The van der Waals surface area contributed by atoms with E-state index in [1.54, 1.807) is 23.0 Å². The zero-order chi connectivity index (χ0) is 29.0. The summed E-state index contributed by atoms with van der Waals surface area (Å²) in [6.45, 7) is -0.0723. The lowest BCUT2D eigenvalue weighted by Crippen LogP contribution is -2.42. The number of likely N-dealkylation sites (N-methyl/N-ethyl adjacent to an activating group) is 1. The molecular formula is C31H30N4O6. The van der Waals surface area contributed by atoms with Crippen LogP contribution in [0.2, 0.25) is 0 Å². The third-order valence-corrected chi connectivity index (χ3v) is 5.97. The van der Waals surface area contributed by atoms with Gasteiger partial charge in [-0.25, -0.2) is 9.59 Å². The molecule has 3 aromatic carbocycles. The molecular weight excluding hydrogens is 524 g/mol. The van der Waals surface area contributed by atoms with E-state index < -0.39 is 18.6 Å². The second kappa shape index (κ2) is 14.1. The number of carbonyl (C=O) groups excluding carboxylic acids is 3. The molecule has 0 fully saturated rings. The number of aliphatic carboxylic acids is 1. The first kappa shape index (κ1) is 28.6. The lowest BCUT2D eigenvalue weighted by atomic mass is 10.0. The van der Waals surface area contributed by atoms with Crippen molar-refractivity contribution in [2.45, 2.75) is 19.9 Å². The molecule has 10 nitrogen and oxygen atoms in total. The van der Waals surface area contributed by atoms with E-state index in [0.29, 0.717) is 12.3 Å². The monoisotopic (exact) mass is 554 g/mol. The van der Waals surface area contributed by atoms with Gasteiger partial charge in [-0.15, -0.1) is 0 Å². The first-order chi connectivity index (χ1) is 19.9. The lowest BCUT2D eigenvalue weighted by molar-refractivity contribution is -0.727. The Morgan fingerprint density at radius 3 is 2.37 bits per heavy atom. The number of pyridine rings is 1. The van der Waals surface area contributed by atoms with E-state index in [9.17, 15) is 19.5 Å². The fraction of sp³-hybridized carbons (Fsp3) is 0.161. The standard InChI is InChI=1S/C31H30N4O6/c1-34(20-29(36)37)31(39)41-22-35-17-7-8-24(19-35)18-32-30(38)33-26-15-13-23(14-16-26)21-40-28-12-6-5-11-27(28)25-9-3-2-4-10-25/h2-17,19H,18,20-22H2,1H3,(H2-,32,33,36,37,38). The zero-order valence-electron chi connectivity index (χ0n) is 22.5. The van der Waals surface area contributed by atoms with Gasteiger partial charge in [-0.1, -0.05) is 60.7 Å². The highest BCUT2D eigenvalue weighted by atomic mass is 16.6. The van der Waals surface area contributed by atoms with Crippen LogP contribution in [0.25, 0.3) is 11.1 Å². The van der Waals surface area contributed by atoms with Crippen LogP contribution < -0.4 is 25.0 Å². The number of amides is 3. The van der Waals surface area contributed by atoms with E-state index in [4.69, 9.17) is 9.47 Å². The van der Waals surface area contributed by atoms with Crippen molar-refractivity contribution in [3.63, 3.8) is 0 Å². The Morgan fingerprint density at radius 1 is 0.878 bits per heavy atom. The molecule has 1 heterocycles. The van der Waals surface area contributed by atoms with E-state index in [2.05, 4.69) is 10.6 Å². The molecule has 4 rings (SSSR count). The molecule has 10 heteroatoms. The van der Waals surface area contributed by atoms with Gasteiger partial charge in [0, 0.05) is 29.9 Å². The molecule has 0 saturated carbocycles. The van der Waals surface area contributed by atoms with Crippen molar-refractivity contribution in [2.75, 3.05) is 18.9 Å². The highest BCUT2D eigenvalue weighted by Gasteiger charge is 2.13. The molecule has 4 aromatic rings. The number of aromatic nitrogens is 1. The van der Waals surface area contributed by atoms with Crippen LogP contribution in [0.5, 0.6) is 5.75 Å². The van der Waals surface area contributed by atoms with Gasteiger partial charge in [0.25, 0.3) is 6.73 Å². The minimum atomic E-state index is -1.38. The van der Waals surface area contributed by atoms with Crippen molar-refractivity contribution in [2.24, 2.45) is 0 Å². The Labute approximate surface area is 237 Å². The van der Waals surface area contributed by atoms with Crippen LogP contribution in [-0.2, 0) is 29.4 Å². The molecule has 2 N–H and O–H groups in total. The molecule has 0 radical (unpaired) electrons. The third-order valence-electron chi connectivity index (χ3n) is 5.97. The van der Waals surface area contributed by atoms with Crippen molar-refractivity contribution in [1.82, 2.24) is 10.2 Å². The van der Waals surface area contributed by atoms with Crippen LogP contribution in [0.3, 0.4) is 0 Å². The molecule has 0 spiro atoms. The summed E-state index contributed by atoms with van der Waals surface area (Å²) in [4.78, 5) is 35.8. The van der Waals surface area contributed by atoms with E-state index in [0.717, 1.165) is 32.9 Å². The lowest BCUT2D eigenvalue weighted by Gasteiger charge is -2.15. The average molecular weight is 555 g/mol. The number of para-hydroxylation sites is 1. The van der Waals surface area contributed by atoms with Gasteiger partial charge in [0.2, 0.25) is 0 Å². The Bertz CT molecular complexity index is 1480. The fourth-order valence-electron chi connectivity index (χ4n) is 3.91. The van der Waals surface area contributed by atoms with Gasteiger partial charge in [-0.3, -0.25) is 0 Å². The summed E-state index contributed by atoms with van der Waals surface area (Å²) < 4.78 is 12.8. The molecule has 0 bridgehead atoms. The molecule has 0 unspecified atom stereocenters. The summed E-state index contributed by atoms with van der Waals surface area (Å²) in [5.74, 6) is -0.585. The topological polar surface area (TPSA) is 124 Å². The normalized spacial score (nSPS) is 10.4.